The van der Waals surface area contributed by atoms with E-state index in [9.17, 15) is 0 Å². The van der Waals surface area contributed by atoms with Gasteiger partial charge in [0.15, 0.2) is 0 Å². The summed E-state index contributed by atoms with van der Waals surface area (Å²) in [5, 5.41) is 4.92. The Morgan fingerprint density at radius 3 is 2.57 bits per heavy atom. The molecule has 0 aliphatic heterocycles. The largest absolute Gasteiger partial charge is 0.268 e. The highest BCUT2D eigenvalue weighted by Crippen LogP contribution is 2.43. The second-order valence-electron chi connectivity index (χ2n) is 7.52. The highest BCUT2D eigenvalue weighted by atomic mass is 79.9. The zero-order valence-corrected chi connectivity index (χ0v) is 16.3. The summed E-state index contributed by atoms with van der Waals surface area (Å²) in [6, 6.07) is 0. The van der Waals surface area contributed by atoms with Crippen molar-refractivity contribution in [3.8, 4) is 0 Å². The second-order valence-corrected chi connectivity index (χ2v) is 8.87. The van der Waals surface area contributed by atoms with Gasteiger partial charge in [0, 0.05) is 11.9 Å². The van der Waals surface area contributed by atoms with Gasteiger partial charge in [-0.1, -0.05) is 20.8 Å². The lowest BCUT2D eigenvalue weighted by molar-refractivity contribution is 0.143. The molecule has 4 heteroatoms. The molecule has 0 bridgehead atoms. The van der Waals surface area contributed by atoms with Crippen LogP contribution in [0.3, 0.4) is 0 Å². The monoisotopic (exact) mass is 374 g/mol. The molecular formula is C17H28BrClN2. The van der Waals surface area contributed by atoms with Gasteiger partial charge in [-0.05, 0) is 72.7 Å². The summed E-state index contributed by atoms with van der Waals surface area (Å²) in [5.41, 5.74) is 2.79. The molecule has 1 aromatic heterocycles. The van der Waals surface area contributed by atoms with Gasteiger partial charge >= 0.3 is 0 Å². The van der Waals surface area contributed by atoms with E-state index in [2.05, 4.69) is 60.3 Å². The molecule has 0 saturated heterocycles. The van der Waals surface area contributed by atoms with Crippen molar-refractivity contribution < 1.29 is 0 Å². The number of hydrogen-bond donors (Lipinski definition) is 0. The van der Waals surface area contributed by atoms with Crippen molar-refractivity contribution in [3.63, 3.8) is 0 Å². The van der Waals surface area contributed by atoms with Gasteiger partial charge < -0.3 is 0 Å². The van der Waals surface area contributed by atoms with Crippen LogP contribution < -0.4 is 0 Å². The van der Waals surface area contributed by atoms with E-state index in [4.69, 9.17) is 11.6 Å². The fourth-order valence-corrected chi connectivity index (χ4v) is 4.30. The first-order valence-corrected chi connectivity index (χ1v) is 9.32. The second kappa shape index (κ2) is 6.62. The van der Waals surface area contributed by atoms with Crippen LogP contribution >= 0.6 is 27.5 Å². The maximum Gasteiger partial charge on any atom is 0.0738 e. The minimum Gasteiger partial charge on any atom is -0.268 e. The van der Waals surface area contributed by atoms with Gasteiger partial charge in [0.25, 0.3) is 0 Å². The normalized spacial score (nSPS) is 27.1. The predicted octanol–water partition coefficient (Wildman–Crippen LogP) is 5.59. The fraction of sp³-hybridized carbons (Fsp3) is 0.824. The molecule has 0 aromatic carbocycles. The average molecular weight is 376 g/mol. The van der Waals surface area contributed by atoms with Gasteiger partial charge in [-0.15, -0.1) is 11.6 Å². The molecule has 21 heavy (non-hydrogen) atoms. The highest BCUT2D eigenvalue weighted by molar-refractivity contribution is 9.10. The first kappa shape index (κ1) is 17.3. The molecule has 1 heterocycles. The number of alkyl halides is 1. The van der Waals surface area contributed by atoms with E-state index in [0.717, 1.165) is 31.0 Å². The number of rotatable bonds is 3. The smallest absolute Gasteiger partial charge is 0.0738 e. The molecule has 1 aliphatic carbocycles. The number of aromatic nitrogens is 2. The molecule has 2 nitrogen and oxygen atoms in total. The summed E-state index contributed by atoms with van der Waals surface area (Å²) in [6.45, 7) is 12.2. The zero-order valence-electron chi connectivity index (χ0n) is 13.9. The molecule has 2 rings (SSSR count). The van der Waals surface area contributed by atoms with Crippen molar-refractivity contribution in [3.05, 3.63) is 15.9 Å². The molecule has 0 N–H and O–H groups in total. The quantitative estimate of drug-likeness (QED) is 0.630. The van der Waals surface area contributed by atoms with Crippen LogP contribution in [0.2, 0.25) is 0 Å². The van der Waals surface area contributed by atoms with Crippen LogP contribution in [0.15, 0.2) is 4.47 Å². The summed E-state index contributed by atoms with van der Waals surface area (Å²) in [7, 11) is 0. The van der Waals surface area contributed by atoms with E-state index >= 15 is 0 Å². The Morgan fingerprint density at radius 2 is 2.00 bits per heavy atom. The van der Waals surface area contributed by atoms with Crippen molar-refractivity contribution in [2.75, 3.05) is 0 Å². The summed E-state index contributed by atoms with van der Waals surface area (Å²) in [6.07, 6.45) is 4.68. The van der Waals surface area contributed by atoms with E-state index in [1.165, 1.54) is 23.0 Å². The van der Waals surface area contributed by atoms with Gasteiger partial charge in [-0.3, -0.25) is 4.68 Å². The molecule has 120 valence electrons. The van der Waals surface area contributed by atoms with Gasteiger partial charge in [0.2, 0.25) is 0 Å². The van der Waals surface area contributed by atoms with Gasteiger partial charge in [0.05, 0.1) is 15.9 Å². The minimum absolute atomic E-state index is 0.302. The Kier molecular flexibility index (Phi) is 5.46. The average Bonchev–Trinajstić information content (AvgIpc) is 2.67. The first-order valence-electron chi connectivity index (χ1n) is 8.09. The highest BCUT2D eigenvalue weighted by Gasteiger charge is 2.35. The van der Waals surface area contributed by atoms with E-state index in [-0.39, 0.29) is 0 Å². The van der Waals surface area contributed by atoms with Crippen molar-refractivity contribution in [2.24, 2.45) is 17.3 Å². The van der Waals surface area contributed by atoms with Crippen LogP contribution in [0.4, 0.5) is 0 Å². The lowest BCUT2D eigenvalue weighted by Gasteiger charge is -2.40. The summed E-state index contributed by atoms with van der Waals surface area (Å²) >= 11 is 10.4. The summed E-state index contributed by atoms with van der Waals surface area (Å²) in [5.74, 6) is 1.33. The SMILES string of the molecule is CCn1nc(C)c(Br)c1CC1CC(C(C)(C)C)CCC1Cl. The Morgan fingerprint density at radius 1 is 1.33 bits per heavy atom. The third-order valence-electron chi connectivity index (χ3n) is 5.02. The standard InChI is InChI=1S/C17H28BrClN2/c1-6-21-15(16(18)11(2)20-21)10-12-9-13(17(3,4)5)7-8-14(12)19/h12-14H,6-10H2,1-5H3. The minimum atomic E-state index is 0.302. The van der Waals surface area contributed by atoms with Crippen LogP contribution in [0, 0.1) is 24.2 Å². The van der Waals surface area contributed by atoms with E-state index in [1.54, 1.807) is 0 Å². The number of hydrogen-bond acceptors (Lipinski definition) is 1. The Hall–Kier alpha value is -0.0200. The molecule has 0 radical (unpaired) electrons. The number of nitrogens with zero attached hydrogens (tertiary/aromatic N) is 2. The van der Waals surface area contributed by atoms with Crippen molar-refractivity contribution in [2.45, 2.75) is 72.2 Å². The molecule has 1 aliphatic rings. The Bertz CT molecular complexity index is 490. The van der Waals surface area contributed by atoms with E-state index < -0.39 is 0 Å². The van der Waals surface area contributed by atoms with Gasteiger partial charge in [0.1, 0.15) is 0 Å². The van der Waals surface area contributed by atoms with Crippen LogP contribution in [-0.4, -0.2) is 15.2 Å². The maximum absolute atomic E-state index is 6.66. The van der Waals surface area contributed by atoms with E-state index in [0.29, 0.717) is 16.7 Å². The predicted molar refractivity (Wildman–Crippen MR) is 94.0 cm³/mol. The molecule has 3 unspecified atom stereocenters. The van der Waals surface area contributed by atoms with Gasteiger partial charge in [-0.25, -0.2) is 0 Å². The van der Waals surface area contributed by atoms with Crippen LogP contribution in [0.1, 0.15) is 58.3 Å². The Balaban J connectivity index is 2.17. The van der Waals surface area contributed by atoms with E-state index in [1.807, 2.05) is 0 Å². The summed E-state index contributed by atoms with van der Waals surface area (Å²) < 4.78 is 3.30. The van der Waals surface area contributed by atoms with Gasteiger partial charge in [-0.2, -0.15) is 5.10 Å². The number of halogens is 2. The number of aryl methyl sites for hydroxylation is 2. The molecule has 0 amide bonds. The maximum atomic E-state index is 6.66. The molecule has 0 spiro atoms. The summed E-state index contributed by atoms with van der Waals surface area (Å²) in [4.78, 5) is 0. The van der Waals surface area contributed by atoms with Crippen molar-refractivity contribution in [1.29, 1.82) is 0 Å². The first-order chi connectivity index (χ1) is 9.74. The van der Waals surface area contributed by atoms with Crippen LogP contribution in [-0.2, 0) is 13.0 Å². The van der Waals surface area contributed by atoms with Crippen LogP contribution in [0.5, 0.6) is 0 Å². The van der Waals surface area contributed by atoms with Crippen LogP contribution in [0.25, 0.3) is 0 Å². The molecule has 3 atom stereocenters. The molecule has 1 fully saturated rings. The molecular weight excluding hydrogens is 348 g/mol. The fourth-order valence-electron chi connectivity index (χ4n) is 3.54. The lowest BCUT2D eigenvalue weighted by atomic mass is 9.68. The third kappa shape index (κ3) is 3.85. The topological polar surface area (TPSA) is 17.8 Å². The third-order valence-corrected chi connectivity index (χ3v) is 6.63. The molecule has 1 aromatic rings. The molecule has 1 saturated carbocycles. The van der Waals surface area contributed by atoms with Crippen molar-refractivity contribution >= 4 is 27.5 Å². The zero-order chi connectivity index (χ0) is 15.8. The lowest BCUT2D eigenvalue weighted by Crippen LogP contribution is -2.33. The Labute approximate surface area is 142 Å². The van der Waals surface area contributed by atoms with Crippen molar-refractivity contribution in [1.82, 2.24) is 9.78 Å².